The van der Waals surface area contributed by atoms with Crippen LogP contribution in [0.25, 0.3) is 0 Å². The molecule has 15 heavy (non-hydrogen) atoms. The van der Waals surface area contributed by atoms with Crippen molar-refractivity contribution in [2.45, 2.75) is 59.4 Å². The van der Waals surface area contributed by atoms with Gasteiger partial charge in [0.1, 0.15) is 0 Å². The van der Waals surface area contributed by atoms with Crippen molar-refractivity contribution in [1.29, 1.82) is 0 Å². The van der Waals surface area contributed by atoms with Crippen LogP contribution >= 0.6 is 11.8 Å². The second-order valence-electron chi connectivity index (χ2n) is 4.79. The highest BCUT2D eigenvalue weighted by Crippen LogP contribution is 2.11. The molecule has 2 heteroatoms. The minimum Gasteiger partial charge on any atom is -0.314 e. The summed E-state index contributed by atoms with van der Waals surface area (Å²) >= 11 is 2.12. The second-order valence-corrected chi connectivity index (χ2v) is 6.02. The molecule has 1 atom stereocenters. The van der Waals surface area contributed by atoms with Crippen LogP contribution in [-0.2, 0) is 0 Å². The van der Waals surface area contributed by atoms with Gasteiger partial charge in [-0.3, -0.25) is 0 Å². The van der Waals surface area contributed by atoms with Gasteiger partial charge in [-0.05, 0) is 56.6 Å². The van der Waals surface area contributed by atoms with Crippen LogP contribution in [-0.4, -0.2) is 24.1 Å². The molecule has 0 saturated heterocycles. The number of hydrogen-bond donors (Lipinski definition) is 1. The Morgan fingerprint density at radius 1 is 1.07 bits per heavy atom. The summed E-state index contributed by atoms with van der Waals surface area (Å²) < 4.78 is 0. The Bertz CT molecular complexity index is 126. The first-order valence-electron chi connectivity index (χ1n) is 6.48. The maximum atomic E-state index is 3.53. The summed E-state index contributed by atoms with van der Waals surface area (Å²) in [6, 6.07) is 0.704. The quantitative estimate of drug-likeness (QED) is 0.572. The lowest BCUT2D eigenvalue weighted by molar-refractivity contribution is 0.510. The maximum Gasteiger partial charge on any atom is 0.00390 e. The average molecular weight is 231 g/mol. The van der Waals surface area contributed by atoms with Crippen molar-refractivity contribution >= 4 is 11.8 Å². The molecule has 0 aliphatic heterocycles. The van der Waals surface area contributed by atoms with Crippen molar-refractivity contribution in [2.24, 2.45) is 5.92 Å². The highest BCUT2D eigenvalue weighted by molar-refractivity contribution is 7.99. The smallest absolute Gasteiger partial charge is 0.00390 e. The van der Waals surface area contributed by atoms with Crippen molar-refractivity contribution in [3.05, 3.63) is 0 Å². The summed E-state index contributed by atoms with van der Waals surface area (Å²) in [7, 11) is 0. The Morgan fingerprint density at radius 2 is 1.80 bits per heavy atom. The van der Waals surface area contributed by atoms with Gasteiger partial charge in [0.25, 0.3) is 0 Å². The molecule has 0 aromatic rings. The molecule has 0 aliphatic carbocycles. The molecular weight excluding hydrogens is 202 g/mol. The topological polar surface area (TPSA) is 12.0 Å². The standard InChI is InChI=1S/C13H29NS/c1-5-9-14-13(4)7-6-10-15-11-8-12(2)3/h12-14H,5-11H2,1-4H3. The van der Waals surface area contributed by atoms with Gasteiger partial charge in [0.15, 0.2) is 0 Å². The third-order valence-electron chi connectivity index (χ3n) is 2.51. The lowest BCUT2D eigenvalue weighted by Crippen LogP contribution is -2.26. The van der Waals surface area contributed by atoms with E-state index in [0.717, 1.165) is 5.92 Å². The molecule has 0 bridgehead atoms. The Morgan fingerprint density at radius 3 is 2.40 bits per heavy atom. The van der Waals surface area contributed by atoms with Crippen LogP contribution in [0.1, 0.15) is 53.4 Å². The number of hydrogen-bond acceptors (Lipinski definition) is 2. The predicted octanol–water partition coefficient (Wildman–Crippen LogP) is 3.93. The van der Waals surface area contributed by atoms with E-state index < -0.39 is 0 Å². The Kier molecular flexibility index (Phi) is 11.0. The molecule has 0 heterocycles. The summed E-state index contributed by atoms with van der Waals surface area (Å²) in [5, 5.41) is 3.53. The highest BCUT2D eigenvalue weighted by Gasteiger charge is 2.00. The number of rotatable bonds is 10. The van der Waals surface area contributed by atoms with Crippen LogP contribution in [0.15, 0.2) is 0 Å². The van der Waals surface area contributed by atoms with Gasteiger partial charge >= 0.3 is 0 Å². The molecule has 0 rings (SSSR count). The Balaban J connectivity index is 3.09. The third-order valence-corrected chi connectivity index (χ3v) is 3.61. The molecule has 0 radical (unpaired) electrons. The normalized spacial score (nSPS) is 13.4. The minimum atomic E-state index is 0.704. The molecule has 0 amide bonds. The Hall–Kier alpha value is 0.310. The van der Waals surface area contributed by atoms with Crippen molar-refractivity contribution in [3.63, 3.8) is 0 Å². The second kappa shape index (κ2) is 10.8. The monoisotopic (exact) mass is 231 g/mol. The largest absolute Gasteiger partial charge is 0.314 e. The van der Waals surface area contributed by atoms with Crippen LogP contribution in [0.5, 0.6) is 0 Å². The molecule has 0 spiro atoms. The van der Waals surface area contributed by atoms with Gasteiger partial charge in [-0.15, -0.1) is 0 Å². The van der Waals surface area contributed by atoms with Crippen LogP contribution in [0.2, 0.25) is 0 Å². The highest BCUT2D eigenvalue weighted by atomic mass is 32.2. The van der Waals surface area contributed by atoms with Crippen molar-refractivity contribution in [2.75, 3.05) is 18.1 Å². The minimum absolute atomic E-state index is 0.704. The molecule has 0 saturated carbocycles. The molecule has 1 unspecified atom stereocenters. The average Bonchev–Trinajstić information content (AvgIpc) is 2.19. The fraction of sp³-hybridized carbons (Fsp3) is 1.00. The van der Waals surface area contributed by atoms with E-state index in [-0.39, 0.29) is 0 Å². The van der Waals surface area contributed by atoms with Gasteiger partial charge < -0.3 is 5.32 Å². The van der Waals surface area contributed by atoms with E-state index in [2.05, 4.69) is 44.8 Å². The fourth-order valence-electron chi connectivity index (χ4n) is 1.41. The molecule has 92 valence electrons. The van der Waals surface area contributed by atoms with Crippen molar-refractivity contribution < 1.29 is 0 Å². The number of nitrogens with one attached hydrogen (secondary N) is 1. The summed E-state index contributed by atoms with van der Waals surface area (Å²) in [5.41, 5.74) is 0. The van der Waals surface area contributed by atoms with Crippen LogP contribution in [0.3, 0.4) is 0 Å². The first kappa shape index (κ1) is 15.3. The molecule has 1 nitrogen and oxygen atoms in total. The number of thioether (sulfide) groups is 1. The van der Waals surface area contributed by atoms with Crippen molar-refractivity contribution in [3.8, 4) is 0 Å². The van der Waals surface area contributed by atoms with E-state index in [0.29, 0.717) is 6.04 Å². The van der Waals surface area contributed by atoms with Gasteiger partial charge in [-0.2, -0.15) is 11.8 Å². The molecule has 0 fully saturated rings. The molecule has 0 aromatic heterocycles. The van der Waals surface area contributed by atoms with E-state index in [1.807, 2.05) is 0 Å². The SMILES string of the molecule is CCCNC(C)CCCSCCC(C)C. The van der Waals surface area contributed by atoms with Crippen LogP contribution < -0.4 is 5.32 Å². The van der Waals surface area contributed by atoms with Gasteiger partial charge in [0, 0.05) is 6.04 Å². The zero-order valence-corrected chi connectivity index (χ0v) is 11.8. The van der Waals surface area contributed by atoms with Crippen molar-refractivity contribution in [1.82, 2.24) is 5.32 Å². The fourth-order valence-corrected chi connectivity index (χ4v) is 2.62. The molecule has 0 aromatic carbocycles. The summed E-state index contributed by atoms with van der Waals surface area (Å²) in [5.74, 6) is 3.54. The molecular formula is C13H29NS. The van der Waals surface area contributed by atoms with Gasteiger partial charge in [0.2, 0.25) is 0 Å². The maximum absolute atomic E-state index is 3.53. The van der Waals surface area contributed by atoms with Crippen LogP contribution in [0, 0.1) is 5.92 Å². The van der Waals surface area contributed by atoms with E-state index in [1.54, 1.807) is 0 Å². The molecule has 1 N–H and O–H groups in total. The van der Waals surface area contributed by atoms with Gasteiger partial charge in [0.05, 0.1) is 0 Å². The van der Waals surface area contributed by atoms with E-state index >= 15 is 0 Å². The van der Waals surface area contributed by atoms with Gasteiger partial charge in [-0.25, -0.2) is 0 Å². The lowest BCUT2D eigenvalue weighted by atomic mass is 10.2. The van der Waals surface area contributed by atoms with E-state index in [4.69, 9.17) is 0 Å². The zero-order chi connectivity index (χ0) is 11.5. The van der Waals surface area contributed by atoms with E-state index in [9.17, 15) is 0 Å². The third kappa shape index (κ3) is 12.2. The zero-order valence-electron chi connectivity index (χ0n) is 11.0. The van der Waals surface area contributed by atoms with E-state index in [1.165, 1.54) is 43.7 Å². The van der Waals surface area contributed by atoms with Crippen LogP contribution in [0.4, 0.5) is 0 Å². The predicted molar refractivity (Wildman–Crippen MR) is 73.8 cm³/mol. The summed E-state index contributed by atoms with van der Waals surface area (Å²) in [4.78, 5) is 0. The lowest BCUT2D eigenvalue weighted by Gasteiger charge is -2.12. The first-order valence-corrected chi connectivity index (χ1v) is 7.63. The van der Waals surface area contributed by atoms with Gasteiger partial charge in [-0.1, -0.05) is 20.8 Å². The Labute approximate surface area is 101 Å². The summed E-state index contributed by atoms with van der Waals surface area (Å²) in [6.07, 6.45) is 5.30. The first-order chi connectivity index (χ1) is 7.16. The molecule has 0 aliphatic rings. The summed E-state index contributed by atoms with van der Waals surface area (Å²) in [6.45, 7) is 10.3.